The van der Waals surface area contributed by atoms with Crippen LogP contribution >= 0.6 is 0 Å². The lowest BCUT2D eigenvalue weighted by Crippen LogP contribution is -2.45. The Hall–Kier alpha value is -1.22. The van der Waals surface area contributed by atoms with Crippen molar-refractivity contribution < 1.29 is 4.48 Å². The molecule has 0 saturated carbocycles. The number of hydrogen-bond acceptors (Lipinski definition) is 2. The Morgan fingerprint density at radius 1 is 1.11 bits per heavy atom. The second-order valence-electron chi connectivity index (χ2n) is 5.44. The molecule has 1 aromatic rings. The highest BCUT2D eigenvalue weighted by Crippen LogP contribution is 2.18. The molecule has 0 aliphatic rings. The third kappa shape index (κ3) is 4.22. The lowest BCUT2D eigenvalue weighted by atomic mass is 10.1. The van der Waals surface area contributed by atoms with Crippen LogP contribution in [0.5, 0.6) is 0 Å². The van der Waals surface area contributed by atoms with Gasteiger partial charge in [-0.2, -0.15) is 0 Å². The van der Waals surface area contributed by atoms with Crippen molar-refractivity contribution in [3.8, 4) is 0 Å². The number of quaternary nitrogens is 1. The average molecular weight is 250 g/mol. The smallest absolute Gasteiger partial charge is 0.0787 e. The first-order valence-electron chi connectivity index (χ1n) is 6.98. The molecule has 102 valence electrons. The second-order valence-corrected chi connectivity index (χ2v) is 5.44. The summed E-state index contributed by atoms with van der Waals surface area (Å²) in [6.07, 6.45) is 3.43. The molecule has 1 rings (SSSR count). The van der Waals surface area contributed by atoms with Crippen molar-refractivity contribution in [1.82, 2.24) is 0 Å². The Kier molecular flexibility index (Phi) is 5.48. The van der Waals surface area contributed by atoms with Crippen LogP contribution in [0.4, 0.5) is 11.4 Å². The van der Waals surface area contributed by atoms with Gasteiger partial charge in [-0.25, -0.2) is 0 Å². The first-order valence-corrected chi connectivity index (χ1v) is 6.98. The fraction of sp³-hybridized carbons (Fsp3) is 0.600. The summed E-state index contributed by atoms with van der Waals surface area (Å²) in [4.78, 5) is 0. The fourth-order valence-corrected chi connectivity index (χ4v) is 2.46. The van der Waals surface area contributed by atoms with E-state index in [1.54, 1.807) is 0 Å². The Bertz CT molecular complexity index is 376. The zero-order valence-corrected chi connectivity index (χ0v) is 12.1. The van der Waals surface area contributed by atoms with E-state index in [0.29, 0.717) is 0 Å². The van der Waals surface area contributed by atoms with E-state index in [9.17, 15) is 0 Å². The van der Waals surface area contributed by atoms with Crippen molar-refractivity contribution in [2.24, 2.45) is 0 Å². The highest BCUT2D eigenvalue weighted by atomic mass is 15.3. The van der Waals surface area contributed by atoms with Gasteiger partial charge >= 0.3 is 0 Å². The molecule has 1 atom stereocenters. The number of benzene rings is 1. The number of nitrogens with zero attached hydrogens (tertiary/aromatic N) is 1. The van der Waals surface area contributed by atoms with Crippen molar-refractivity contribution in [1.29, 1.82) is 0 Å². The van der Waals surface area contributed by atoms with Crippen molar-refractivity contribution in [2.45, 2.75) is 33.1 Å². The SMILES string of the molecule is CCC[N+](C)(CC)CCCc1cc(N)ccc1N. The predicted octanol–water partition coefficient (Wildman–Crippen LogP) is 2.66. The lowest BCUT2D eigenvalue weighted by molar-refractivity contribution is -0.908. The Morgan fingerprint density at radius 3 is 2.44 bits per heavy atom. The summed E-state index contributed by atoms with van der Waals surface area (Å²) in [7, 11) is 2.34. The number of anilines is 2. The number of rotatable bonds is 7. The fourth-order valence-electron chi connectivity index (χ4n) is 2.46. The third-order valence-electron chi connectivity index (χ3n) is 3.84. The lowest BCUT2D eigenvalue weighted by Gasteiger charge is -2.33. The maximum absolute atomic E-state index is 5.97. The van der Waals surface area contributed by atoms with Crippen LogP contribution in [0.3, 0.4) is 0 Å². The minimum Gasteiger partial charge on any atom is -0.399 e. The quantitative estimate of drug-likeness (QED) is 0.577. The molecule has 0 radical (unpaired) electrons. The maximum atomic E-state index is 5.97. The van der Waals surface area contributed by atoms with Crippen LogP contribution in [0.25, 0.3) is 0 Å². The molecular weight excluding hydrogens is 222 g/mol. The molecule has 0 heterocycles. The summed E-state index contributed by atoms with van der Waals surface area (Å²) >= 11 is 0. The summed E-state index contributed by atoms with van der Waals surface area (Å²) in [5, 5.41) is 0. The molecule has 0 aliphatic heterocycles. The molecule has 0 bridgehead atoms. The topological polar surface area (TPSA) is 52.0 Å². The zero-order chi connectivity index (χ0) is 13.6. The van der Waals surface area contributed by atoms with Gasteiger partial charge < -0.3 is 16.0 Å². The minimum atomic E-state index is 0.806. The van der Waals surface area contributed by atoms with Crippen molar-refractivity contribution in [2.75, 3.05) is 38.1 Å². The molecule has 0 amide bonds. The molecule has 0 saturated heterocycles. The van der Waals surface area contributed by atoms with Gasteiger partial charge in [-0.3, -0.25) is 0 Å². The molecule has 3 heteroatoms. The number of aryl methyl sites for hydroxylation is 1. The van der Waals surface area contributed by atoms with Gasteiger partial charge in [0.05, 0.1) is 26.7 Å². The van der Waals surface area contributed by atoms with Crippen LogP contribution in [0, 0.1) is 0 Å². The van der Waals surface area contributed by atoms with Gasteiger partial charge in [0, 0.05) is 17.8 Å². The Morgan fingerprint density at radius 2 is 1.83 bits per heavy atom. The average Bonchev–Trinajstić information content (AvgIpc) is 2.34. The molecule has 1 unspecified atom stereocenters. The van der Waals surface area contributed by atoms with Gasteiger partial charge in [-0.1, -0.05) is 6.92 Å². The van der Waals surface area contributed by atoms with Crippen LogP contribution in [0.15, 0.2) is 18.2 Å². The van der Waals surface area contributed by atoms with Gasteiger partial charge in [-0.05, 0) is 43.5 Å². The van der Waals surface area contributed by atoms with Crippen LogP contribution in [-0.2, 0) is 6.42 Å². The van der Waals surface area contributed by atoms with Crippen LogP contribution in [0.2, 0.25) is 0 Å². The Balaban J connectivity index is 2.52. The van der Waals surface area contributed by atoms with Gasteiger partial charge in [-0.15, -0.1) is 0 Å². The van der Waals surface area contributed by atoms with Gasteiger partial charge in [0.2, 0.25) is 0 Å². The van der Waals surface area contributed by atoms with E-state index in [1.165, 1.54) is 31.6 Å². The summed E-state index contributed by atoms with van der Waals surface area (Å²) < 4.78 is 1.15. The van der Waals surface area contributed by atoms with E-state index in [4.69, 9.17) is 11.5 Å². The first-order chi connectivity index (χ1) is 8.50. The van der Waals surface area contributed by atoms with Crippen molar-refractivity contribution in [3.63, 3.8) is 0 Å². The normalized spacial score (nSPS) is 14.4. The van der Waals surface area contributed by atoms with E-state index >= 15 is 0 Å². The van der Waals surface area contributed by atoms with Crippen LogP contribution < -0.4 is 11.5 Å². The molecule has 1 aromatic carbocycles. The molecule has 0 spiro atoms. The second kappa shape index (κ2) is 6.64. The van der Waals surface area contributed by atoms with Gasteiger partial charge in [0.15, 0.2) is 0 Å². The van der Waals surface area contributed by atoms with Gasteiger partial charge in [0.1, 0.15) is 0 Å². The van der Waals surface area contributed by atoms with E-state index in [2.05, 4.69) is 20.9 Å². The van der Waals surface area contributed by atoms with E-state index in [0.717, 1.165) is 28.7 Å². The minimum absolute atomic E-state index is 0.806. The molecule has 0 fully saturated rings. The van der Waals surface area contributed by atoms with Crippen molar-refractivity contribution >= 4 is 11.4 Å². The molecular formula is C15H28N3+. The predicted molar refractivity (Wildman–Crippen MR) is 80.3 cm³/mol. The number of nitrogen functional groups attached to an aromatic ring is 2. The summed E-state index contributed by atoms with van der Waals surface area (Å²) in [5.41, 5.74) is 14.6. The molecule has 0 aliphatic carbocycles. The van der Waals surface area contributed by atoms with Gasteiger partial charge in [0.25, 0.3) is 0 Å². The monoisotopic (exact) mass is 250 g/mol. The van der Waals surface area contributed by atoms with Crippen molar-refractivity contribution in [3.05, 3.63) is 23.8 Å². The van der Waals surface area contributed by atoms with E-state index in [-0.39, 0.29) is 0 Å². The Labute approximate surface area is 111 Å². The summed E-state index contributed by atoms with van der Waals surface area (Å²) in [5.74, 6) is 0. The summed E-state index contributed by atoms with van der Waals surface area (Å²) in [6, 6.07) is 5.78. The van der Waals surface area contributed by atoms with Crippen LogP contribution in [0.1, 0.15) is 32.3 Å². The zero-order valence-electron chi connectivity index (χ0n) is 12.1. The number of nitrogens with two attached hydrogens (primary N) is 2. The molecule has 18 heavy (non-hydrogen) atoms. The standard InChI is InChI=1S/C15H28N3/c1-4-10-18(3,5-2)11-6-7-13-12-14(16)8-9-15(13)17/h8-9,12H,4-7,10-11,16-17H2,1-3H3/q+1. The highest BCUT2D eigenvalue weighted by molar-refractivity contribution is 5.55. The number of hydrogen-bond donors (Lipinski definition) is 2. The van der Waals surface area contributed by atoms with E-state index in [1.807, 2.05) is 18.2 Å². The largest absolute Gasteiger partial charge is 0.399 e. The molecule has 4 N–H and O–H groups in total. The highest BCUT2D eigenvalue weighted by Gasteiger charge is 2.17. The summed E-state index contributed by atoms with van der Waals surface area (Å²) in [6.45, 7) is 8.17. The first kappa shape index (κ1) is 14.8. The maximum Gasteiger partial charge on any atom is 0.0787 e. The molecule has 0 aromatic heterocycles. The third-order valence-corrected chi connectivity index (χ3v) is 3.84. The van der Waals surface area contributed by atoms with E-state index < -0.39 is 0 Å². The van der Waals surface area contributed by atoms with Crippen LogP contribution in [-0.4, -0.2) is 31.2 Å². The molecule has 3 nitrogen and oxygen atoms in total.